The van der Waals surface area contributed by atoms with E-state index in [9.17, 15) is 13.2 Å². The lowest BCUT2D eigenvalue weighted by Crippen LogP contribution is -2.34. The highest BCUT2D eigenvalue weighted by atomic mass is 19.4. The van der Waals surface area contributed by atoms with Gasteiger partial charge in [-0.3, -0.25) is 0 Å². The van der Waals surface area contributed by atoms with E-state index in [-0.39, 0.29) is 11.2 Å². The standard InChI is InChI=1S/C15H21F3N2O/c1-10(2)9-13(3,4)21-12-7-5-11(6-8-12)14(19-20-14)15(16,17)18/h5-8,10,19-20H,9H2,1-4H3. The van der Waals surface area contributed by atoms with Gasteiger partial charge in [-0.25, -0.2) is 10.9 Å². The molecule has 0 amide bonds. The fourth-order valence-electron chi connectivity index (χ4n) is 2.63. The Bertz CT molecular complexity index is 491. The minimum absolute atomic E-state index is 0.129. The number of nitrogens with one attached hydrogen (secondary N) is 2. The van der Waals surface area contributed by atoms with Crippen LogP contribution in [0.3, 0.4) is 0 Å². The number of benzene rings is 1. The lowest BCUT2D eigenvalue weighted by molar-refractivity contribution is -0.165. The molecule has 1 aromatic rings. The predicted molar refractivity (Wildman–Crippen MR) is 74.6 cm³/mol. The van der Waals surface area contributed by atoms with Gasteiger partial charge in [0.05, 0.1) is 0 Å². The Hall–Kier alpha value is -1.27. The van der Waals surface area contributed by atoms with E-state index in [2.05, 4.69) is 24.7 Å². The summed E-state index contributed by atoms with van der Waals surface area (Å²) in [7, 11) is 0. The Morgan fingerprint density at radius 1 is 1.10 bits per heavy atom. The Morgan fingerprint density at radius 2 is 1.62 bits per heavy atom. The van der Waals surface area contributed by atoms with Crippen LogP contribution in [0.4, 0.5) is 13.2 Å². The van der Waals surface area contributed by atoms with Crippen molar-refractivity contribution in [3.05, 3.63) is 29.8 Å². The number of hydrogen-bond acceptors (Lipinski definition) is 3. The quantitative estimate of drug-likeness (QED) is 0.815. The van der Waals surface area contributed by atoms with E-state index >= 15 is 0 Å². The maximum absolute atomic E-state index is 12.9. The van der Waals surface area contributed by atoms with E-state index in [0.29, 0.717) is 11.7 Å². The van der Waals surface area contributed by atoms with Crippen LogP contribution in [0.2, 0.25) is 0 Å². The summed E-state index contributed by atoms with van der Waals surface area (Å²) >= 11 is 0. The third kappa shape index (κ3) is 3.49. The van der Waals surface area contributed by atoms with Gasteiger partial charge in [-0.1, -0.05) is 26.0 Å². The molecule has 1 saturated heterocycles. The summed E-state index contributed by atoms with van der Waals surface area (Å²) in [6.07, 6.45) is -3.52. The monoisotopic (exact) mass is 302 g/mol. The first-order valence-corrected chi connectivity index (χ1v) is 6.96. The molecule has 1 aliphatic rings. The van der Waals surface area contributed by atoms with Crippen molar-refractivity contribution in [2.45, 2.75) is 51.6 Å². The topological polar surface area (TPSA) is 53.1 Å². The summed E-state index contributed by atoms with van der Waals surface area (Å²) in [5.74, 6) is 1.05. The van der Waals surface area contributed by atoms with Crippen LogP contribution in [0.25, 0.3) is 0 Å². The fourth-order valence-corrected chi connectivity index (χ4v) is 2.63. The fraction of sp³-hybridized carbons (Fsp3) is 0.600. The zero-order valence-electron chi connectivity index (χ0n) is 12.6. The minimum Gasteiger partial charge on any atom is -0.488 e. The van der Waals surface area contributed by atoms with Crippen LogP contribution in [0.1, 0.15) is 39.7 Å². The molecule has 6 heteroatoms. The molecule has 0 spiro atoms. The zero-order chi connectivity index (χ0) is 15.9. The molecule has 0 saturated carbocycles. The van der Waals surface area contributed by atoms with Crippen molar-refractivity contribution < 1.29 is 17.9 Å². The molecular formula is C15H21F3N2O. The highest BCUT2D eigenvalue weighted by molar-refractivity contribution is 5.35. The van der Waals surface area contributed by atoms with E-state index in [0.717, 1.165) is 6.42 Å². The predicted octanol–water partition coefficient (Wildman–Crippen LogP) is 3.71. The summed E-state index contributed by atoms with van der Waals surface area (Å²) in [6, 6.07) is 6.02. The third-order valence-electron chi connectivity index (χ3n) is 3.38. The van der Waals surface area contributed by atoms with E-state index in [1.807, 2.05) is 13.8 Å². The minimum atomic E-state index is -4.38. The van der Waals surface area contributed by atoms with Crippen LogP contribution in [0, 0.1) is 5.92 Å². The van der Waals surface area contributed by atoms with Crippen molar-refractivity contribution in [3.8, 4) is 5.75 Å². The average molecular weight is 302 g/mol. The summed E-state index contributed by atoms with van der Waals surface area (Å²) in [4.78, 5) is 0. The van der Waals surface area contributed by atoms with Crippen LogP contribution in [-0.2, 0) is 5.66 Å². The SMILES string of the molecule is CC(C)CC(C)(C)Oc1ccc(C2(C(F)(F)F)NN2)cc1. The number of ether oxygens (including phenoxy) is 1. The molecule has 21 heavy (non-hydrogen) atoms. The molecule has 1 fully saturated rings. The van der Waals surface area contributed by atoms with Crippen molar-refractivity contribution >= 4 is 0 Å². The molecule has 2 N–H and O–H groups in total. The van der Waals surface area contributed by atoms with Gasteiger partial charge in [-0.2, -0.15) is 13.2 Å². The first kappa shape index (κ1) is 16.1. The Balaban J connectivity index is 2.10. The number of alkyl halides is 3. The van der Waals surface area contributed by atoms with Crippen LogP contribution in [-0.4, -0.2) is 11.8 Å². The van der Waals surface area contributed by atoms with Gasteiger partial charge in [-0.05, 0) is 43.9 Å². The third-order valence-corrected chi connectivity index (χ3v) is 3.38. The van der Waals surface area contributed by atoms with Gasteiger partial charge in [-0.15, -0.1) is 0 Å². The molecule has 0 unspecified atom stereocenters. The van der Waals surface area contributed by atoms with E-state index in [1.165, 1.54) is 12.1 Å². The summed E-state index contributed by atoms with van der Waals surface area (Å²) in [6.45, 7) is 8.15. The second-order valence-corrected chi connectivity index (χ2v) is 6.48. The zero-order valence-corrected chi connectivity index (χ0v) is 12.6. The average Bonchev–Trinajstić information content (AvgIpc) is 3.07. The molecule has 0 atom stereocenters. The number of rotatable bonds is 5. The first-order chi connectivity index (χ1) is 9.56. The molecule has 118 valence electrons. The number of hydrazine groups is 1. The second kappa shape index (κ2) is 5.18. The maximum Gasteiger partial charge on any atom is 0.426 e. The molecular weight excluding hydrogens is 281 g/mol. The van der Waals surface area contributed by atoms with Crippen LogP contribution in [0.15, 0.2) is 24.3 Å². The van der Waals surface area contributed by atoms with Gasteiger partial charge in [0.1, 0.15) is 11.4 Å². The largest absolute Gasteiger partial charge is 0.488 e. The van der Waals surface area contributed by atoms with Crippen molar-refractivity contribution in [1.29, 1.82) is 0 Å². The molecule has 0 bridgehead atoms. The Morgan fingerprint density at radius 3 is 2.00 bits per heavy atom. The highest BCUT2D eigenvalue weighted by Gasteiger charge is 2.65. The molecule has 1 aromatic carbocycles. The second-order valence-electron chi connectivity index (χ2n) is 6.48. The van der Waals surface area contributed by atoms with Crippen LogP contribution >= 0.6 is 0 Å². The van der Waals surface area contributed by atoms with Crippen molar-refractivity contribution in [3.63, 3.8) is 0 Å². The molecule has 0 aromatic heterocycles. The Labute approximate surface area is 122 Å². The van der Waals surface area contributed by atoms with E-state index in [4.69, 9.17) is 4.74 Å². The van der Waals surface area contributed by atoms with Crippen molar-refractivity contribution in [2.24, 2.45) is 5.92 Å². The van der Waals surface area contributed by atoms with E-state index < -0.39 is 11.8 Å². The molecule has 1 heterocycles. The normalized spacial score (nSPS) is 17.9. The lowest BCUT2D eigenvalue weighted by Gasteiger charge is -2.28. The summed E-state index contributed by atoms with van der Waals surface area (Å²) in [5, 5.41) is 0. The van der Waals surface area contributed by atoms with Gasteiger partial charge in [0.15, 0.2) is 0 Å². The Kier molecular flexibility index (Phi) is 3.97. The molecule has 3 nitrogen and oxygen atoms in total. The van der Waals surface area contributed by atoms with Crippen molar-refractivity contribution in [1.82, 2.24) is 10.9 Å². The number of hydrogen-bond donors (Lipinski definition) is 2. The molecule has 2 rings (SSSR count). The summed E-state index contributed by atoms with van der Waals surface area (Å²) < 4.78 is 44.7. The van der Waals surface area contributed by atoms with E-state index in [1.54, 1.807) is 12.1 Å². The maximum atomic E-state index is 12.9. The van der Waals surface area contributed by atoms with Gasteiger partial charge in [0.2, 0.25) is 5.66 Å². The lowest BCUT2D eigenvalue weighted by atomic mass is 9.96. The number of halogens is 3. The molecule has 0 radical (unpaired) electrons. The van der Waals surface area contributed by atoms with Gasteiger partial charge in [0, 0.05) is 0 Å². The molecule has 0 aliphatic carbocycles. The summed E-state index contributed by atoms with van der Waals surface area (Å²) in [5.41, 5.74) is 2.03. The van der Waals surface area contributed by atoms with Gasteiger partial charge < -0.3 is 4.74 Å². The van der Waals surface area contributed by atoms with Gasteiger partial charge >= 0.3 is 6.18 Å². The van der Waals surface area contributed by atoms with Crippen LogP contribution in [0.5, 0.6) is 5.75 Å². The van der Waals surface area contributed by atoms with Gasteiger partial charge in [0.25, 0.3) is 0 Å². The smallest absolute Gasteiger partial charge is 0.426 e. The van der Waals surface area contributed by atoms with Crippen LogP contribution < -0.4 is 15.6 Å². The highest BCUT2D eigenvalue weighted by Crippen LogP contribution is 2.42. The first-order valence-electron chi connectivity index (χ1n) is 6.96. The van der Waals surface area contributed by atoms with Crippen molar-refractivity contribution in [2.75, 3.05) is 0 Å². The molecule has 1 aliphatic heterocycles.